The highest BCUT2D eigenvalue weighted by Crippen LogP contribution is 2.12. The van der Waals surface area contributed by atoms with Crippen LogP contribution in [0.15, 0.2) is 24.3 Å². The van der Waals surface area contributed by atoms with Crippen molar-refractivity contribution in [3.8, 4) is 0 Å². The number of thioether (sulfide) groups is 1. The van der Waals surface area contributed by atoms with Gasteiger partial charge in [0.2, 0.25) is 5.91 Å². The van der Waals surface area contributed by atoms with E-state index in [-0.39, 0.29) is 11.7 Å². The average Bonchev–Trinajstić information content (AvgIpc) is 2.20. The Balaban J connectivity index is 2.32. The quantitative estimate of drug-likeness (QED) is 0.785. The van der Waals surface area contributed by atoms with E-state index >= 15 is 0 Å². The number of carbonyl (C=O) groups excluding carboxylic acids is 1. The molecule has 0 spiro atoms. The first-order valence-corrected chi connectivity index (χ1v) is 5.77. The zero-order chi connectivity index (χ0) is 11.3. The molecule has 82 valence electrons. The standard InChI is InChI=1S/C11H14FNOS/c1-13(2)11(14)8-15-7-9-3-5-10(12)6-4-9/h3-6H,7-8H2,1-2H3. The van der Waals surface area contributed by atoms with Crippen molar-refractivity contribution in [1.82, 2.24) is 4.90 Å². The number of nitrogens with zero attached hydrogens (tertiary/aromatic N) is 1. The number of benzene rings is 1. The molecule has 0 N–H and O–H groups in total. The van der Waals surface area contributed by atoms with E-state index in [1.54, 1.807) is 31.1 Å². The van der Waals surface area contributed by atoms with Crippen LogP contribution in [-0.2, 0) is 10.5 Å². The van der Waals surface area contributed by atoms with Crippen LogP contribution >= 0.6 is 11.8 Å². The number of amides is 1. The first-order chi connectivity index (χ1) is 7.09. The molecule has 0 aliphatic carbocycles. The minimum absolute atomic E-state index is 0.0992. The molecule has 0 heterocycles. The van der Waals surface area contributed by atoms with Gasteiger partial charge < -0.3 is 4.90 Å². The molecule has 1 aromatic carbocycles. The van der Waals surface area contributed by atoms with Crippen LogP contribution in [0.2, 0.25) is 0 Å². The van der Waals surface area contributed by atoms with E-state index in [0.29, 0.717) is 5.75 Å². The molecule has 0 radical (unpaired) electrons. The summed E-state index contributed by atoms with van der Waals surface area (Å²) < 4.78 is 12.6. The Hall–Kier alpha value is -1.03. The fourth-order valence-corrected chi connectivity index (χ4v) is 1.93. The summed E-state index contributed by atoms with van der Waals surface area (Å²) in [5.41, 5.74) is 1.04. The summed E-state index contributed by atoms with van der Waals surface area (Å²) in [5.74, 6) is 1.07. The summed E-state index contributed by atoms with van der Waals surface area (Å²) in [5, 5.41) is 0. The molecule has 0 fully saturated rings. The van der Waals surface area contributed by atoms with E-state index in [9.17, 15) is 9.18 Å². The zero-order valence-electron chi connectivity index (χ0n) is 8.87. The van der Waals surface area contributed by atoms with Crippen molar-refractivity contribution in [3.05, 3.63) is 35.6 Å². The van der Waals surface area contributed by atoms with Crippen molar-refractivity contribution >= 4 is 17.7 Å². The summed E-state index contributed by atoms with van der Waals surface area (Å²) in [6, 6.07) is 6.35. The summed E-state index contributed by atoms with van der Waals surface area (Å²) in [6.07, 6.45) is 0. The first-order valence-electron chi connectivity index (χ1n) is 4.62. The Bertz CT molecular complexity index is 324. The summed E-state index contributed by atoms with van der Waals surface area (Å²) in [7, 11) is 3.47. The SMILES string of the molecule is CN(C)C(=O)CSCc1ccc(F)cc1. The third-order valence-corrected chi connectivity index (χ3v) is 2.89. The fraction of sp³-hybridized carbons (Fsp3) is 0.364. The van der Waals surface area contributed by atoms with Crippen molar-refractivity contribution in [2.45, 2.75) is 5.75 Å². The van der Waals surface area contributed by atoms with Crippen LogP contribution in [-0.4, -0.2) is 30.7 Å². The minimum Gasteiger partial charge on any atom is -0.348 e. The second-order valence-corrected chi connectivity index (χ2v) is 4.39. The largest absolute Gasteiger partial charge is 0.348 e. The normalized spacial score (nSPS) is 10.1. The van der Waals surface area contributed by atoms with Crippen molar-refractivity contribution in [2.75, 3.05) is 19.8 Å². The predicted octanol–water partition coefficient (Wildman–Crippen LogP) is 2.15. The fourth-order valence-electron chi connectivity index (χ4n) is 0.966. The Morgan fingerprint density at radius 1 is 1.33 bits per heavy atom. The Kier molecular flexibility index (Phi) is 4.62. The van der Waals surface area contributed by atoms with Crippen LogP contribution in [0.5, 0.6) is 0 Å². The molecule has 0 aromatic heterocycles. The molecule has 0 unspecified atom stereocenters. The molecule has 1 amide bonds. The van der Waals surface area contributed by atoms with Crippen LogP contribution in [0.3, 0.4) is 0 Å². The van der Waals surface area contributed by atoms with Crippen LogP contribution in [0.1, 0.15) is 5.56 Å². The lowest BCUT2D eigenvalue weighted by Gasteiger charge is -2.09. The zero-order valence-corrected chi connectivity index (χ0v) is 9.68. The molecule has 2 nitrogen and oxygen atoms in total. The topological polar surface area (TPSA) is 20.3 Å². The molecule has 4 heteroatoms. The van der Waals surface area contributed by atoms with Crippen molar-refractivity contribution in [2.24, 2.45) is 0 Å². The second kappa shape index (κ2) is 5.75. The maximum atomic E-state index is 12.6. The smallest absolute Gasteiger partial charge is 0.232 e. The lowest BCUT2D eigenvalue weighted by molar-refractivity contribution is -0.125. The van der Waals surface area contributed by atoms with Gasteiger partial charge in [0, 0.05) is 19.8 Å². The summed E-state index contributed by atoms with van der Waals surface area (Å²) in [4.78, 5) is 12.8. The van der Waals surface area contributed by atoms with E-state index in [0.717, 1.165) is 11.3 Å². The number of hydrogen-bond donors (Lipinski definition) is 0. The Labute approximate surface area is 93.5 Å². The maximum Gasteiger partial charge on any atom is 0.232 e. The molecule has 1 aromatic rings. The van der Waals surface area contributed by atoms with E-state index in [2.05, 4.69) is 0 Å². The van der Waals surface area contributed by atoms with Gasteiger partial charge in [0.05, 0.1) is 5.75 Å². The van der Waals surface area contributed by atoms with Crippen LogP contribution in [0.25, 0.3) is 0 Å². The lowest BCUT2D eigenvalue weighted by atomic mass is 10.2. The average molecular weight is 227 g/mol. The van der Waals surface area contributed by atoms with Gasteiger partial charge >= 0.3 is 0 Å². The number of rotatable bonds is 4. The van der Waals surface area contributed by atoms with E-state index in [1.807, 2.05) is 0 Å². The highest BCUT2D eigenvalue weighted by atomic mass is 32.2. The monoisotopic (exact) mass is 227 g/mol. The third-order valence-electron chi connectivity index (χ3n) is 1.91. The molecule has 0 saturated carbocycles. The minimum atomic E-state index is -0.229. The number of carbonyl (C=O) groups is 1. The Morgan fingerprint density at radius 2 is 1.93 bits per heavy atom. The number of hydrogen-bond acceptors (Lipinski definition) is 2. The maximum absolute atomic E-state index is 12.6. The molecule has 0 aliphatic rings. The van der Waals surface area contributed by atoms with Gasteiger partial charge in [-0.25, -0.2) is 4.39 Å². The molecular weight excluding hydrogens is 213 g/mol. The summed E-state index contributed by atoms with van der Waals surface area (Å²) in [6.45, 7) is 0. The second-order valence-electron chi connectivity index (χ2n) is 3.41. The molecular formula is C11H14FNOS. The van der Waals surface area contributed by atoms with E-state index in [4.69, 9.17) is 0 Å². The lowest BCUT2D eigenvalue weighted by Crippen LogP contribution is -2.23. The summed E-state index contributed by atoms with van der Waals surface area (Å²) >= 11 is 1.53. The van der Waals surface area contributed by atoms with Crippen molar-refractivity contribution in [3.63, 3.8) is 0 Å². The van der Waals surface area contributed by atoms with Gasteiger partial charge in [-0.1, -0.05) is 12.1 Å². The predicted molar refractivity (Wildman–Crippen MR) is 61.3 cm³/mol. The van der Waals surface area contributed by atoms with Crippen LogP contribution in [0.4, 0.5) is 4.39 Å². The molecule has 0 aliphatic heterocycles. The van der Waals surface area contributed by atoms with Gasteiger partial charge in [0.1, 0.15) is 5.82 Å². The van der Waals surface area contributed by atoms with Gasteiger partial charge in [-0.15, -0.1) is 11.8 Å². The van der Waals surface area contributed by atoms with Gasteiger partial charge in [-0.3, -0.25) is 4.79 Å². The van der Waals surface area contributed by atoms with Crippen LogP contribution < -0.4 is 0 Å². The van der Waals surface area contributed by atoms with Crippen LogP contribution in [0, 0.1) is 5.82 Å². The Morgan fingerprint density at radius 3 is 2.47 bits per heavy atom. The highest BCUT2D eigenvalue weighted by molar-refractivity contribution is 7.99. The van der Waals surface area contributed by atoms with Gasteiger partial charge in [-0.2, -0.15) is 0 Å². The number of halogens is 1. The van der Waals surface area contributed by atoms with Gasteiger partial charge in [0.25, 0.3) is 0 Å². The van der Waals surface area contributed by atoms with Gasteiger partial charge in [0.15, 0.2) is 0 Å². The van der Waals surface area contributed by atoms with Crippen molar-refractivity contribution < 1.29 is 9.18 Å². The highest BCUT2D eigenvalue weighted by Gasteiger charge is 2.03. The van der Waals surface area contributed by atoms with Gasteiger partial charge in [-0.05, 0) is 17.7 Å². The molecule has 0 saturated heterocycles. The third kappa shape index (κ3) is 4.34. The van der Waals surface area contributed by atoms with Crippen molar-refractivity contribution in [1.29, 1.82) is 0 Å². The first kappa shape index (κ1) is 12.0. The van der Waals surface area contributed by atoms with E-state index in [1.165, 1.54) is 23.9 Å². The molecule has 0 atom stereocenters. The molecule has 1 rings (SSSR count). The molecule has 15 heavy (non-hydrogen) atoms. The molecule has 0 bridgehead atoms. The van der Waals surface area contributed by atoms with E-state index < -0.39 is 0 Å².